The second-order valence-corrected chi connectivity index (χ2v) is 7.47. The third kappa shape index (κ3) is 2.83. The van der Waals surface area contributed by atoms with E-state index in [9.17, 15) is 14.7 Å². The Morgan fingerprint density at radius 2 is 2.25 bits per heavy atom. The van der Waals surface area contributed by atoms with Crippen LogP contribution in [0.5, 0.6) is 5.75 Å². The van der Waals surface area contributed by atoms with Crippen LogP contribution in [0.2, 0.25) is 0 Å². The van der Waals surface area contributed by atoms with E-state index in [0.29, 0.717) is 23.5 Å². The number of aromatic carboxylic acids is 1. The lowest BCUT2D eigenvalue weighted by Crippen LogP contribution is -2.39. The summed E-state index contributed by atoms with van der Waals surface area (Å²) in [5.41, 5.74) is -0.199. The van der Waals surface area contributed by atoms with Gasteiger partial charge in [0, 0.05) is 25.3 Å². The molecule has 2 N–H and O–H groups in total. The minimum absolute atomic E-state index is 0.0464. The summed E-state index contributed by atoms with van der Waals surface area (Å²) < 4.78 is 22.9. The summed E-state index contributed by atoms with van der Waals surface area (Å²) >= 11 is 0. The van der Waals surface area contributed by atoms with Gasteiger partial charge in [0.25, 0.3) is 0 Å². The zero-order valence-electron chi connectivity index (χ0n) is 16.0. The van der Waals surface area contributed by atoms with E-state index in [1.54, 1.807) is 4.57 Å². The molecule has 0 saturated carbocycles. The zero-order valence-corrected chi connectivity index (χ0v) is 16.0. The van der Waals surface area contributed by atoms with E-state index >= 15 is 4.39 Å². The van der Waals surface area contributed by atoms with Crippen LogP contribution in [0.15, 0.2) is 17.1 Å². The number of nitrogens with one attached hydrogen (secondary N) is 1. The molecular weight excluding hydrogens is 365 g/mol. The molecule has 0 radical (unpaired) electrons. The van der Waals surface area contributed by atoms with E-state index in [4.69, 9.17) is 4.74 Å². The number of carboxylic acid groups (broad SMARTS) is 1. The molecule has 0 spiro atoms. The highest BCUT2D eigenvalue weighted by molar-refractivity contribution is 5.97. The predicted octanol–water partition coefficient (Wildman–Crippen LogP) is 2.37. The van der Waals surface area contributed by atoms with E-state index in [-0.39, 0.29) is 29.6 Å². The first-order valence-corrected chi connectivity index (χ1v) is 9.68. The smallest absolute Gasteiger partial charge is 0.341 e. The molecule has 2 atom stereocenters. The van der Waals surface area contributed by atoms with Crippen LogP contribution in [-0.2, 0) is 0 Å². The number of carbonyl (C=O) groups is 1. The Balaban J connectivity index is 1.96. The molecule has 2 aliphatic rings. The fraction of sp³-hybridized carbons (Fsp3) is 0.500. The molecule has 4 rings (SSSR count). The van der Waals surface area contributed by atoms with Crippen LogP contribution in [0.4, 0.5) is 10.1 Å². The Hall–Kier alpha value is -2.61. The Kier molecular flexibility index (Phi) is 4.74. The Labute approximate surface area is 161 Å². The lowest BCUT2D eigenvalue weighted by Gasteiger charge is -2.33. The van der Waals surface area contributed by atoms with Crippen molar-refractivity contribution in [3.63, 3.8) is 0 Å². The van der Waals surface area contributed by atoms with Gasteiger partial charge >= 0.3 is 5.97 Å². The number of benzene rings is 1. The maximum atomic E-state index is 15.2. The number of ether oxygens (including phenoxy) is 1. The van der Waals surface area contributed by atoms with Crippen molar-refractivity contribution >= 4 is 22.6 Å². The van der Waals surface area contributed by atoms with Crippen molar-refractivity contribution in [3.05, 3.63) is 33.9 Å². The highest BCUT2D eigenvalue weighted by Gasteiger charge is 2.34. The Bertz CT molecular complexity index is 1000. The molecule has 150 valence electrons. The number of rotatable bonds is 5. The van der Waals surface area contributed by atoms with Crippen molar-refractivity contribution in [1.82, 2.24) is 9.88 Å². The van der Waals surface area contributed by atoms with Crippen LogP contribution in [0.1, 0.15) is 43.1 Å². The number of anilines is 1. The van der Waals surface area contributed by atoms with E-state index < -0.39 is 17.2 Å². The molecule has 1 aromatic heterocycles. The second-order valence-electron chi connectivity index (χ2n) is 7.47. The van der Waals surface area contributed by atoms with Gasteiger partial charge in [-0.15, -0.1) is 0 Å². The van der Waals surface area contributed by atoms with E-state index in [2.05, 4.69) is 5.32 Å². The minimum atomic E-state index is -1.31. The van der Waals surface area contributed by atoms with Crippen LogP contribution >= 0.6 is 0 Å². The van der Waals surface area contributed by atoms with E-state index in [0.717, 1.165) is 25.9 Å². The number of carboxylic acids is 1. The van der Waals surface area contributed by atoms with Crippen molar-refractivity contribution in [1.29, 1.82) is 0 Å². The number of halogens is 1. The summed E-state index contributed by atoms with van der Waals surface area (Å²) in [5.74, 6) is -1.53. The zero-order chi connectivity index (χ0) is 20.0. The molecule has 2 aliphatic heterocycles. The summed E-state index contributed by atoms with van der Waals surface area (Å²) in [7, 11) is 0. The molecule has 3 heterocycles. The third-order valence-corrected chi connectivity index (χ3v) is 5.67. The van der Waals surface area contributed by atoms with Gasteiger partial charge in [0.2, 0.25) is 5.43 Å². The minimum Gasteiger partial charge on any atom is -0.487 e. The first-order valence-electron chi connectivity index (χ1n) is 9.68. The van der Waals surface area contributed by atoms with Gasteiger partial charge in [0.05, 0.1) is 16.9 Å². The molecule has 2 aromatic rings. The topological polar surface area (TPSA) is 83.8 Å². The van der Waals surface area contributed by atoms with E-state index in [1.807, 2.05) is 18.7 Å². The fourth-order valence-electron chi connectivity index (χ4n) is 4.28. The lowest BCUT2D eigenvalue weighted by atomic mass is 10.1. The SMILES string of the molecule is CCNCC1CCCN1c1c(F)cc2c(=O)c(C(=O)O)cn3c2c1OCC3C. The molecule has 1 fully saturated rings. The van der Waals surface area contributed by atoms with Gasteiger partial charge < -0.3 is 24.6 Å². The average Bonchev–Trinajstić information content (AvgIpc) is 3.11. The normalized spacial score (nSPS) is 21.2. The summed E-state index contributed by atoms with van der Waals surface area (Å²) in [6.07, 6.45) is 3.25. The standard InChI is InChI=1S/C20H24FN3O4/c1-3-22-8-12-5-4-6-23(12)17-15(21)7-13-16-19(17)28-10-11(2)24(16)9-14(18(13)25)20(26)27/h7,9,11-12,22H,3-6,8,10H2,1-2H3,(H,26,27). The molecule has 0 bridgehead atoms. The maximum absolute atomic E-state index is 15.2. The first-order chi connectivity index (χ1) is 13.4. The fourth-order valence-corrected chi connectivity index (χ4v) is 4.28. The Morgan fingerprint density at radius 1 is 1.46 bits per heavy atom. The van der Waals surface area contributed by atoms with Crippen molar-refractivity contribution in [2.24, 2.45) is 0 Å². The molecule has 7 nitrogen and oxygen atoms in total. The van der Waals surface area contributed by atoms with Crippen molar-refractivity contribution in [2.45, 2.75) is 38.8 Å². The van der Waals surface area contributed by atoms with Crippen molar-refractivity contribution < 1.29 is 19.0 Å². The van der Waals surface area contributed by atoms with Crippen molar-refractivity contribution in [3.8, 4) is 5.75 Å². The number of likely N-dealkylation sites (N-methyl/N-ethyl adjacent to an activating group) is 1. The monoisotopic (exact) mass is 389 g/mol. The number of hydrogen-bond acceptors (Lipinski definition) is 5. The van der Waals surface area contributed by atoms with Gasteiger partial charge in [0.1, 0.15) is 17.9 Å². The highest BCUT2D eigenvalue weighted by Crippen LogP contribution is 2.43. The predicted molar refractivity (Wildman–Crippen MR) is 104 cm³/mol. The number of nitrogens with zero attached hydrogens (tertiary/aromatic N) is 2. The highest BCUT2D eigenvalue weighted by atomic mass is 19.1. The molecule has 0 aliphatic carbocycles. The molecule has 1 saturated heterocycles. The largest absolute Gasteiger partial charge is 0.487 e. The van der Waals surface area contributed by atoms with Gasteiger partial charge in [-0.1, -0.05) is 6.92 Å². The summed E-state index contributed by atoms with van der Waals surface area (Å²) in [5, 5.41) is 12.7. The number of aromatic nitrogens is 1. The van der Waals surface area contributed by atoms with Crippen molar-refractivity contribution in [2.75, 3.05) is 31.1 Å². The first kappa shape index (κ1) is 18.7. The summed E-state index contributed by atoms with van der Waals surface area (Å²) in [6, 6.07) is 1.15. The molecule has 8 heteroatoms. The molecule has 1 aromatic carbocycles. The third-order valence-electron chi connectivity index (χ3n) is 5.67. The van der Waals surface area contributed by atoms with Crippen LogP contribution in [0.3, 0.4) is 0 Å². The molecule has 28 heavy (non-hydrogen) atoms. The molecule has 2 unspecified atom stereocenters. The quantitative estimate of drug-likeness (QED) is 0.817. The van der Waals surface area contributed by atoms with Crippen LogP contribution < -0.4 is 20.4 Å². The molecular formula is C20H24FN3O4. The average molecular weight is 389 g/mol. The Morgan fingerprint density at radius 3 is 2.96 bits per heavy atom. The van der Waals surface area contributed by atoms with Crippen LogP contribution in [0.25, 0.3) is 10.9 Å². The summed E-state index contributed by atoms with van der Waals surface area (Å²) in [6.45, 7) is 6.49. The lowest BCUT2D eigenvalue weighted by molar-refractivity contribution is 0.0694. The summed E-state index contributed by atoms with van der Waals surface area (Å²) in [4.78, 5) is 26.2. The number of hydrogen-bond donors (Lipinski definition) is 2. The van der Waals surface area contributed by atoms with Gasteiger partial charge in [-0.05, 0) is 32.4 Å². The number of pyridine rings is 1. The molecule has 0 amide bonds. The van der Waals surface area contributed by atoms with Gasteiger partial charge in [-0.2, -0.15) is 0 Å². The van der Waals surface area contributed by atoms with Gasteiger partial charge in [0.15, 0.2) is 11.6 Å². The van der Waals surface area contributed by atoms with Crippen LogP contribution in [0, 0.1) is 5.82 Å². The van der Waals surface area contributed by atoms with Crippen LogP contribution in [-0.4, -0.2) is 47.9 Å². The van der Waals surface area contributed by atoms with E-state index in [1.165, 1.54) is 12.3 Å². The maximum Gasteiger partial charge on any atom is 0.341 e. The second kappa shape index (κ2) is 7.09. The van der Waals surface area contributed by atoms with Gasteiger partial charge in [-0.25, -0.2) is 9.18 Å². The van der Waals surface area contributed by atoms with Gasteiger partial charge in [-0.3, -0.25) is 4.79 Å².